The van der Waals surface area contributed by atoms with Crippen molar-refractivity contribution in [2.75, 3.05) is 11.9 Å². The van der Waals surface area contributed by atoms with Crippen molar-refractivity contribution in [3.8, 4) is 11.1 Å². The number of rotatable bonds is 7. The van der Waals surface area contributed by atoms with Gasteiger partial charge in [-0.15, -0.1) is 11.3 Å². The quantitative estimate of drug-likeness (QED) is 0.188. The molecule has 0 atom stereocenters. The van der Waals surface area contributed by atoms with Gasteiger partial charge in [0.25, 0.3) is 5.69 Å². The van der Waals surface area contributed by atoms with E-state index in [1.165, 1.54) is 35.6 Å². The molecule has 0 radical (unpaired) electrons. The summed E-state index contributed by atoms with van der Waals surface area (Å²) in [6, 6.07) is 13.4. The second-order valence-electron chi connectivity index (χ2n) is 6.26. The van der Waals surface area contributed by atoms with Crippen LogP contribution in [0, 0.1) is 10.1 Å². The van der Waals surface area contributed by atoms with Crippen LogP contribution >= 0.6 is 27.3 Å². The normalized spacial score (nSPS) is 10.8. The molecule has 1 N–H and O–H groups in total. The molecule has 3 aromatic rings. The molecule has 158 valence electrons. The summed E-state index contributed by atoms with van der Waals surface area (Å²) in [6.07, 6.45) is 2.72. The smallest absolute Gasteiger partial charge is 0.341 e. The van der Waals surface area contributed by atoms with Gasteiger partial charge in [0, 0.05) is 33.6 Å². The topological polar surface area (TPSA) is 98.5 Å². The zero-order chi connectivity index (χ0) is 22.4. The van der Waals surface area contributed by atoms with Gasteiger partial charge in [-0.1, -0.05) is 40.2 Å². The van der Waals surface area contributed by atoms with E-state index >= 15 is 0 Å². The van der Waals surface area contributed by atoms with Crippen LogP contribution in [0.15, 0.2) is 64.5 Å². The number of nitro benzene ring substituents is 1. The number of thiophene rings is 1. The number of benzene rings is 2. The number of hydrogen-bond donors (Lipinski definition) is 1. The number of ether oxygens (including phenoxy) is 1. The van der Waals surface area contributed by atoms with E-state index in [0.29, 0.717) is 16.1 Å². The monoisotopic (exact) mass is 500 g/mol. The van der Waals surface area contributed by atoms with Crippen molar-refractivity contribution in [3.05, 3.63) is 85.7 Å². The number of carbonyl (C=O) groups excluding carboxylic acids is 2. The van der Waals surface area contributed by atoms with Gasteiger partial charge in [-0.3, -0.25) is 14.9 Å². The van der Waals surface area contributed by atoms with Gasteiger partial charge in [0.2, 0.25) is 5.91 Å². The first-order valence-corrected chi connectivity index (χ1v) is 10.8. The van der Waals surface area contributed by atoms with Gasteiger partial charge in [0.15, 0.2) is 0 Å². The number of halogens is 1. The Labute approximate surface area is 190 Å². The highest BCUT2D eigenvalue weighted by molar-refractivity contribution is 9.10. The van der Waals surface area contributed by atoms with Crippen LogP contribution in [0.4, 0.5) is 10.7 Å². The number of non-ortho nitro benzene ring substituents is 1. The van der Waals surface area contributed by atoms with E-state index in [1.807, 2.05) is 24.3 Å². The second-order valence-corrected chi connectivity index (χ2v) is 8.05. The zero-order valence-electron chi connectivity index (χ0n) is 16.3. The Balaban J connectivity index is 1.85. The fraction of sp³-hybridized carbons (Fsp3) is 0.0909. The third kappa shape index (κ3) is 5.65. The first kappa shape index (κ1) is 22.4. The third-order valence-corrected chi connectivity index (χ3v) is 5.59. The lowest BCUT2D eigenvalue weighted by atomic mass is 10.0. The number of amides is 1. The first-order valence-electron chi connectivity index (χ1n) is 9.17. The van der Waals surface area contributed by atoms with Gasteiger partial charge in [-0.25, -0.2) is 4.79 Å². The third-order valence-electron chi connectivity index (χ3n) is 4.17. The fourth-order valence-corrected chi connectivity index (χ4v) is 3.99. The second kappa shape index (κ2) is 10.1. The Kier molecular flexibility index (Phi) is 7.32. The fourth-order valence-electron chi connectivity index (χ4n) is 2.77. The molecular weight excluding hydrogens is 484 g/mol. The Morgan fingerprint density at radius 3 is 2.65 bits per heavy atom. The molecule has 0 spiro atoms. The molecule has 31 heavy (non-hydrogen) atoms. The summed E-state index contributed by atoms with van der Waals surface area (Å²) in [5.41, 5.74) is 2.21. The summed E-state index contributed by atoms with van der Waals surface area (Å²) < 4.78 is 6.09. The number of anilines is 1. The van der Waals surface area contributed by atoms with Crippen molar-refractivity contribution in [1.82, 2.24) is 0 Å². The van der Waals surface area contributed by atoms with Gasteiger partial charge in [-0.2, -0.15) is 0 Å². The lowest BCUT2D eigenvalue weighted by Crippen LogP contribution is -2.12. The molecule has 0 aliphatic rings. The number of esters is 1. The Hall–Kier alpha value is -3.30. The van der Waals surface area contributed by atoms with Crippen LogP contribution in [-0.4, -0.2) is 23.4 Å². The molecule has 0 unspecified atom stereocenters. The van der Waals surface area contributed by atoms with E-state index < -0.39 is 16.8 Å². The minimum Gasteiger partial charge on any atom is -0.462 e. The van der Waals surface area contributed by atoms with Crippen LogP contribution < -0.4 is 5.32 Å². The molecule has 2 aromatic carbocycles. The van der Waals surface area contributed by atoms with E-state index in [1.54, 1.807) is 24.4 Å². The molecule has 0 saturated heterocycles. The summed E-state index contributed by atoms with van der Waals surface area (Å²) in [4.78, 5) is 35.4. The van der Waals surface area contributed by atoms with Crippen molar-refractivity contribution in [3.63, 3.8) is 0 Å². The summed E-state index contributed by atoms with van der Waals surface area (Å²) in [5, 5.41) is 15.7. The molecule has 1 aromatic heterocycles. The van der Waals surface area contributed by atoms with Gasteiger partial charge in [0.1, 0.15) is 10.6 Å². The summed E-state index contributed by atoms with van der Waals surface area (Å²) in [6.45, 7) is 1.91. The zero-order valence-corrected chi connectivity index (χ0v) is 18.7. The van der Waals surface area contributed by atoms with Crippen LogP contribution in [0.3, 0.4) is 0 Å². The summed E-state index contributed by atoms with van der Waals surface area (Å²) >= 11 is 4.60. The number of carbonyl (C=O) groups is 2. The maximum atomic E-state index is 12.6. The maximum Gasteiger partial charge on any atom is 0.341 e. The van der Waals surface area contributed by atoms with Crippen molar-refractivity contribution < 1.29 is 19.2 Å². The van der Waals surface area contributed by atoms with Crippen LogP contribution in [-0.2, 0) is 9.53 Å². The van der Waals surface area contributed by atoms with Crippen LogP contribution in [0.2, 0.25) is 0 Å². The van der Waals surface area contributed by atoms with Crippen molar-refractivity contribution in [2.24, 2.45) is 0 Å². The van der Waals surface area contributed by atoms with E-state index in [9.17, 15) is 19.7 Å². The summed E-state index contributed by atoms with van der Waals surface area (Å²) in [5.74, 6) is -0.999. The molecule has 0 aliphatic carbocycles. The standard InChI is InChI=1S/C22H17BrN2O5S/c1-2-30-22(27)20-18(15-7-9-16(23)10-8-15)13-31-21(20)24-19(26)11-6-14-4-3-5-17(12-14)25(28)29/h3-13H,2H2,1H3,(H,24,26). The molecule has 9 heteroatoms. The lowest BCUT2D eigenvalue weighted by molar-refractivity contribution is -0.384. The highest BCUT2D eigenvalue weighted by Gasteiger charge is 2.22. The van der Waals surface area contributed by atoms with Crippen molar-refractivity contribution >= 4 is 55.9 Å². The first-order chi connectivity index (χ1) is 14.9. The number of nitro groups is 1. The minimum absolute atomic E-state index is 0.0652. The molecule has 3 rings (SSSR count). The predicted octanol–water partition coefficient (Wildman–Crippen LogP) is 5.91. The van der Waals surface area contributed by atoms with Gasteiger partial charge in [0.05, 0.1) is 11.5 Å². The Morgan fingerprint density at radius 2 is 1.97 bits per heavy atom. The van der Waals surface area contributed by atoms with Crippen LogP contribution in [0.1, 0.15) is 22.8 Å². The van der Waals surface area contributed by atoms with Crippen molar-refractivity contribution in [1.29, 1.82) is 0 Å². The Bertz CT molecular complexity index is 1150. The van der Waals surface area contributed by atoms with Crippen LogP contribution in [0.25, 0.3) is 17.2 Å². The predicted molar refractivity (Wildman–Crippen MR) is 124 cm³/mol. The van der Waals surface area contributed by atoms with Gasteiger partial charge in [-0.05, 0) is 36.3 Å². The van der Waals surface area contributed by atoms with Gasteiger partial charge >= 0.3 is 5.97 Å². The molecule has 7 nitrogen and oxygen atoms in total. The minimum atomic E-state index is -0.528. The number of nitrogens with zero attached hydrogens (tertiary/aromatic N) is 1. The largest absolute Gasteiger partial charge is 0.462 e. The lowest BCUT2D eigenvalue weighted by Gasteiger charge is -2.08. The number of hydrogen-bond acceptors (Lipinski definition) is 6. The molecule has 0 saturated carbocycles. The summed E-state index contributed by atoms with van der Waals surface area (Å²) in [7, 11) is 0. The van der Waals surface area contributed by atoms with Gasteiger partial charge < -0.3 is 10.1 Å². The highest BCUT2D eigenvalue weighted by Crippen LogP contribution is 2.36. The number of nitrogens with one attached hydrogen (secondary N) is 1. The van der Waals surface area contributed by atoms with Crippen LogP contribution in [0.5, 0.6) is 0 Å². The SMILES string of the molecule is CCOC(=O)c1c(-c2ccc(Br)cc2)csc1NC(=O)C=Cc1cccc([N+](=O)[O-])c1. The maximum absolute atomic E-state index is 12.6. The molecular formula is C22H17BrN2O5S. The molecule has 1 amide bonds. The molecule has 0 fully saturated rings. The average molecular weight is 501 g/mol. The average Bonchev–Trinajstić information content (AvgIpc) is 3.16. The molecule has 0 bridgehead atoms. The Morgan fingerprint density at radius 1 is 1.23 bits per heavy atom. The molecule has 1 heterocycles. The van der Waals surface area contributed by atoms with E-state index in [-0.39, 0.29) is 17.9 Å². The van der Waals surface area contributed by atoms with E-state index in [2.05, 4.69) is 21.2 Å². The van der Waals surface area contributed by atoms with Crippen molar-refractivity contribution in [2.45, 2.75) is 6.92 Å². The van der Waals surface area contributed by atoms with E-state index in [0.717, 1.165) is 10.0 Å². The molecule has 0 aliphatic heterocycles. The highest BCUT2D eigenvalue weighted by atomic mass is 79.9. The van der Waals surface area contributed by atoms with E-state index in [4.69, 9.17) is 4.74 Å².